The summed E-state index contributed by atoms with van der Waals surface area (Å²) in [5.41, 5.74) is 4.98. The molecule has 0 aliphatic carbocycles. The summed E-state index contributed by atoms with van der Waals surface area (Å²) in [6.45, 7) is 0. The van der Waals surface area contributed by atoms with Crippen molar-refractivity contribution in [3.8, 4) is 0 Å². The number of benzene rings is 6. The second kappa shape index (κ2) is 14.0. The van der Waals surface area contributed by atoms with Crippen LogP contribution in [0.2, 0.25) is 0 Å². The van der Waals surface area contributed by atoms with E-state index < -0.39 is 12.1 Å². The zero-order valence-electron chi connectivity index (χ0n) is 24.4. The Kier molecular flexibility index (Phi) is 9.66. The molecule has 0 radical (unpaired) electrons. The minimum atomic E-state index is -2.28. The second-order valence-corrected chi connectivity index (χ2v) is 20.2. The Balaban J connectivity index is 1.65. The molecule has 0 aliphatic heterocycles. The van der Waals surface area contributed by atoms with Crippen LogP contribution in [0.4, 0.5) is 0 Å². The van der Waals surface area contributed by atoms with Gasteiger partial charge in [0, 0.05) is 24.4 Å². The van der Waals surface area contributed by atoms with Crippen molar-refractivity contribution < 1.29 is 0 Å². The largest absolute Gasteiger partial charge is 0.0873 e. The van der Waals surface area contributed by atoms with Gasteiger partial charge in [0.25, 0.3) is 0 Å². The third-order valence-corrected chi connectivity index (χ3v) is 17.4. The third kappa shape index (κ3) is 6.56. The van der Waals surface area contributed by atoms with E-state index in [-0.39, 0.29) is 0 Å². The van der Waals surface area contributed by atoms with Gasteiger partial charge in [0.2, 0.25) is 0 Å². The fraction of sp³-hybridized carbons (Fsp3) is 0.0500. The molecular formula is C40H34P2S2. The van der Waals surface area contributed by atoms with Gasteiger partial charge in [-0.2, -0.15) is 0 Å². The smallest absolute Gasteiger partial charge is 0.0148 e. The molecule has 0 heterocycles. The van der Waals surface area contributed by atoms with E-state index in [2.05, 4.69) is 182 Å². The average molecular weight is 641 g/mol. The highest BCUT2D eigenvalue weighted by atomic mass is 32.4. The van der Waals surface area contributed by atoms with E-state index in [4.69, 9.17) is 23.6 Å². The molecule has 0 spiro atoms. The van der Waals surface area contributed by atoms with Crippen molar-refractivity contribution in [2.24, 2.45) is 0 Å². The molecule has 44 heavy (non-hydrogen) atoms. The minimum absolute atomic E-state index is 0.753. The van der Waals surface area contributed by atoms with E-state index in [0.29, 0.717) is 0 Å². The zero-order chi connectivity index (χ0) is 30.2. The van der Waals surface area contributed by atoms with Crippen molar-refractivity contribution in [2.75, 3.05) is 12.3 Å². The molecule has 0 N–H and O–H groups in total. The van der Waals surface area contributed by atoms with Gasteiger partial charge < -0.3 is 0 Å². The Morgan fingerprint density at radius 2 is 0.523 bits per heavy atom. The molecule has 0 amide bonds. The van der Waals surface area contributed by atoms with Crippen molar-refractivity contribution in [3.63, 3.8) is 0 Å². The van der Waals surface area contributed by atoms with E-state index in [1.807, 2.05) is 0 Å². The van der Waals surface area contributed by atoms with Gasteiger partial charge in [-0.15, -0.1) is 0 Å². The van der Waals surface area contributed by atoms with Crippen LogP contribution in [-0.4, -0.2) is 12.3 Å². The van der Waals surface area contributed by atoms with Crippen LogP contribution in [0.5, 0.6) is 0 Å². The van der Waals surface area contributed by atoms with Crippen molar-refractivity contribution in [1.29, 1.82) is 0 Å². The van der Waals surface area contributed by atoms with E-state index in [1.54, 1.807) is 0 Å². The number of hydrogen-bond donors (Lipinski definition) is 0. The Hall–Kier alpha value is -3.64. The Bertz CT molecular complexity index is 1690. The fourth-order valence-corrected chi connectivity index (χ4v) is 13.6. The predicted octanol–water partition coefficient (Wildman–Crippen LogP) is 8.86. The molecule has 0 bridgehead atoms. The summed E-state index contributed by atoms with van der Waals surface area (Å²) >= 11 is 13.7. The normalized spacial score (nSPS) is 12.4. The highest BCUT2D eigenvalue weighted by Crippen LogP contribution is 2.53. The van der Waals surface area contributed by atoms with E-state index in [9.17, 15) is 0 Å². The molecule has 0 aromatic heterocycles. The fourth-order valence-electron chi connectivity index (χ4n) is 5.78. The summed E-state index contributed by atoms with van der Waals surface area (Å²) in [5.74, 6) is 0. The first-order chi connectivity index (χ1) is 21.6. The Morgan fingerprint density at radius 1 is 0.318 bits per heavy atom. The highest BCUT2D eigenvalue weighted by molar-refractivity contribution is 8.22. The van der Waals surface area contributed by atoms with Gasteiger partial charge in [-0.25, -0.2) is 0 Å². The van der Waals surface area contributed by atoms with Gasteiger partial charge in [0.1, 0.15) is 0 Å². The quantitative estimate of drug-likeness (QED) is 0.108. The summed E-state index contributed by atoms with van der Waals surface area (Å²) in [6, 6.07) is 60.1. The maximum absolute atomic E-state index is 6.87. The number of rotatable bonds is 10. The van der Waals surface area contributed by atoms with Crippen LogP contribution in [0.3, 0.4) is 0 Å². The van der Waals surface area contributed by atoms with Gasteiger partial charge in [0.05, 0.1) is 0 Å². The van der Waals surface area contributed by atoms with Gasteiger partial charge in [-0.05, 0) is 43.5 Å². The maximum atomic E-state index is 6.87. The Morgan fingerprint density at radius 3 is 0.750 bits per heavy atom. The third-order valence-electron chi connectivity index (χ3n) is 8.06. The van der Waals surface area contributed by atoms with Gasteiger partial charge >= 0.3 is 0 Å². The topological polar surface area (TPSA) is 0 Å². The molecule has 216 valence electrons. The number of hydrogen-bond acceptors (Lipinski definition) is 2. The predicted molar refractivity (Wildman–Crippen MR) is 202 cm³/mol. The molecule has 0 atom stereocenters. The van der Waals surface area contributed by atoms with Crippen LogP contribution in [-0.2, 0) is 23.6 Å². The lowest BCUT2D eigenvalue weighted by Crippen LogP contribution is -2.21. The monoisotopic (exact) mass is 640 g/mol. The van der Waals surface area contributed by atoms with Crippen molar-refractivity contribution in [1.82, 2.24) is 0 Å². The first-order valence-electron chi connectivity index (χ1n) is 14.8. The van der Waals surface area contributed by atoms with Crippen LogP contribution in [0, 0.1) is 0 Å². The van der Waals surface area contributed by atoms with E-state index in [1.165, 1.54) is 43.5 Å². The van der Waals surface area contributed by atoms with Crippen LogP contribution >= 0.6 is 12.1 Å². The lowest BCUT2D eigenvalue weighted by atomic mass is 9.97. The van der Waals surface area contributed by atoms with Crippen LogP contribution in [0.15, 0.2) is 182 Å². The highest BCUT2D eigenvalue weighted by Gasteiger charge is 2.30. The van der Waals surface area contributed by atoms with Gasteiger partial charge in [0.15, 0.2) is 0 Å². The summed E-state index contributed by atoms with van der Waals surface area (Å²) in [5, 5.41) is 4.92. The minimum Gasteiger partial charge on any atom is -0.0873 e. The zero-order valence-corrected chi connectivity index (χ0v) is 27.9. The molecule has 0 aliphatic rings. The van der Waals surface area contributed by atoms with Crippen LogP contribution in [0.25, 0.3) is 11.1 Å². The molecule has 4 heteroatoms. The molecule has 0 fully saturated rings. The molecule has 6 aromatic rings. The summed E-state index contributed by atoms with van der Waals surface area (Å²) in [4.78, 5) is 0. The molecule has 0 unspecified atom stereocenters. The van der Waals surface area contributed by atoms with E-state index in [0.717, 1.165) is 12.3 Å². The molecule has 6 aromatic carbocycles. The standard InChI is InChI=1S/C40H34P2S2/c43-41(35-23-11-3-12-24-35,36-25-13-4-14-26-36)31-39(33-19-7-1-8-20-33)40(34-21-9-2-10-22-34)32-42(44,37-27-15-5-16-28-37)38-29-17-6-18-30-38/h1-30H,31-32H2/b40-39-. The second-order valence-electron chi connectivity index (χ2n) is 10.8. The van der Waals surface area contributed by atoms with Crippen LogP contribution < -0.4 is 21.2 Å². The summed E-state index contributed by atoms with van der Waals surface area (Å²) < 4.78 is 0. The summed E-state index contributed by atoms with van der Waals surface area (Å²) in [7, 11) is 0. The van der Waals surface area contributed by atoms with Crippen LogP contribution in [0.1, 0.15) is 11.1 Å². The van der Waals surface area contributed by atoms with E-state index >= 15 is 0 Å². The molecule has 0 saturated carbocycles. The van der Waals surface area contributed by atoms with Crippen molar-refractivity contribution in [2.45, 2.75) is 0 Å². The number of allylic oxidation sites excluding steroid dienone is 2. The van der Waals surface area contributed by atoms with Gasteiger partial charge in [-0.3, -0.25) is 0 Å². The van der Waals surface area contributed by atoms with Crippen molar-refractivity contribution >= 4 is 68.1 Å². The average Bonchev–Trinajstić information content (AvgIpc) is 3.12. The molecule has 0 nitrogen and oxygen atoms in total. The lowest BCUT2D eigenvalue weighted by molar-refractivity contribution is 1.51. The lowest BCUT2D eigenvalue weighted by Gasteiger charge is -2.30. The Labute approximate surface area is 272 Å². The molecule has 6 rings (SSSR count). The first-order valence-corrected chi connectivity index (χ1v) is 20.8. The summed E-state index contributed by atoms with van der Waals surface area (Å²) in [6.07, 6.45) is 1.51. The maximum Gasteiger partial charge on any atom is 0.0148 e. The van der Waals surface area contributed by atoms with Crippen molar-refractivity contribution in [3.05, 3.63) is 193 Å². The first kappa shape index (κ1) is 30.4. The SMILES string of the molecule is S=P(C/C(=C(\CP(=S)(c1ccccc1)c1ccccc1)c1ccccc1)c1ccccc1)(c1ccccc1)c1ccccc1. The molecular weight excluding hydrogens is 607 g/mol. The molecule has 0 saturated heterocycles. The van der Waals surface area contributed by atoms with Gasteiger partial charge in [-0.1, -0.05) is 206 Å².